The Hall–Kier alpha value is -1.71. The fourth-order valence-electron chi connectivity index (χ4n) is 1.35. The Morgan fingerprint density at radius 3 is 2.10 bits per heavy atom. The second kappa shape index (κ2) is 6.16. The minimum atomic E-state index is -4.60. The second-order valence-corrected chi connectivity index (χ2v) is 5.98. The van der Waals surface area contributed by atoms with E-state index < -0.39 is 45.8 Å². The maximum absolute atomic E-state index is 13.6. The number of sulfonamides is 1. The third-order valence-electron chi connectivity index (χ3n) is 2.13. The van der Waals surface area contributed by atoms with Crippen molar-refractivity contribution in [1.29, 1.82) is 0 Å². The van der Waals surface area contributed by atoms with E-state index in [1.54, 1.807) is 0 Å². The molecular weight excluding hydrogens is 317 g/mol. The molecule has 1 aromatic carbocycles. The average Bonchev–Trinajstić information content (AvgIpc) is 2.26. The van der Waals surface area contributed by atoms with Gasteiger partial charge in [-0.2, -0.15) is 4.31 Å². The highest BCUT2D eigenvalue weighted by atomic mass is 35.5. The van der Waals surface area contributed by atoms with Crippen LogP contribution in [0, 0.1) is 5.82 Å². The van der Waals surface area contributed by atoms with Gasteiger partial charge in [0.05, 0.1) is 0 Å². The van der Waals surface area contributed by atoms with Crippen LogP contribution < -0.4 is 0 Å². The Labute approximate surface area is 118 Å². The fourth-order valence-corrected chi connectivity index (χ4v) is 2.89. The van der Waals surface area contributed by atoms with Crippen molar-refractivity contribution >= 4 is 33.6 Å². The maximum Gasteiger partial charge on any atom is 0.318 e. The molecule has 1 aromatic rings. The van der Waals surface area contributed by atoms with Crippen molar-refractivity contribution < 1.29 is 32.6 Å². The molecule has 0 fully saturated rings. The number of carboxylic acid groups (broad SMARTS) is 2. The van der Waals surface area contributed by atoms with E-state index in [0.29, 0.717) is 0 Å². The van der Waals surface area contributed by atoms with Crippen LogP contribution in [-0.2, 0) is 19.6 Å². The summed E-state index contributed by atoms with van der Waals surface area (Å²) in [5.74, 6) is -4.33. The topological polar surface area (TPSA) is 112 Å². The number of hydrogen-bond donors (Lipinski definition) is 2. The Bertz CT molecular complexity index is 631. The van der Waals surface area contributed by atoms with E-state index >= 15 is 0 Å². The Balaban J connectivity index is 3.28. The summed E-state index contributed by atoms with van der Waals surface area (Å²) in [6, 6.07) is 2.66. The first-order chi connectivity index (χ1) is 9.14. The zero-order valence-corrected chi connectivity index (χ0v) is 11.4. The highest BCUT2D eigenvalue weighted by molar-refractivity contribution is 7.89. The van der Waals surface area contributed by atoms with Crippen molar-refractivity contribution in [3.8, 4) is 0 Å². The quantitative estimate of drug-likeness (QED) is 0.793. The van der Waals surface area contributed by atoms with Gasteiger partial charge < -0.3 is 10.2 Å². The lowest BCUT2D eigenvalue weighted by molar-refractivity contribution is -0.139. The number of hydrogen-bond acceptors (Lipinski definition) is 4. The van der Waals surface area contributed by atoms with E-state index in [-0.39, 0.29) is 9.33 Å². The molecule has 0 unspecified atom stereocenters. The summed E-state index contributed by atoms with van der Waals surface area (Å²) < 4.78 is 37.8. The molecule has 0 aliphatic rings. The predicted octanol–water partition coefficient (Wildman–Crippen LogP) is 0.639. The first-order valence-corrected chi connectivity index (χ1v) is 6.85. The van der Waals surface area contributed by atoms with Gasteiger partial charge in [0.15, 0.2) is 0 Å². The van der Waals surface area contributed by atoms with Crippen LogP contribution in [0.5, 0.6) is 0 Å². The average molecular weight is 326 g/mol. The molecule has 20 heavy (non-hydrogen) atoms. The van der Waals surface area contributed by atoms with Gasteiger partial charge >= 0.3 is 11.9 Å². The molecule has 0 atom stereocenters. The van der Waals surface area contributed by atoms with Crippen LogP contribution in [0.2, 0.25) is 5.02 Å². The summed E-state index contributed by atoms with van der Waals surface area (Å²) in [5.41, 5.74) is 0. The van der Waals surface area contributed by atoms with Crippen molar-refractivity contribution in [2.45, 2.75) is 4.90 Å². The molecule has 2 N–H and O–H groups in total. The lowest BCUT2D eigenvalue weighted by Crippen LogP contribution is -2.39. The third-order valence-corrected chi connectivity index (χ3v) is 4.20. The molecule has 110 valence electrons. The predicted molar refractivity (Wildman–Crippen MR) is 65.4 cm³/mol. The maximum atomic E-state index is 13.6. The van der Waals surface area contributed by atoms with Crippen molar-refractivity contribution in [2.24, 2.45) is 0 Å². The monoisotopic (exact) mass is 325 g/mol. The van der Waals surface area contributed by atoms with E-state index in [9.17, 15) is 22.4 Å². The van der Waals surface area contributed by atoms with Gasteiger partial charge in [-0.25, -0.2) is 12.8 Å². The summed E-state index contributed by atoms with van der Waals surface area (Å²) in [6.07, 6.45) is 0. The van der Waals surface area contributed by atoms with Gasteiger partial charge in [-0.3, -0.25) is 9.59 Å². The smallest absolute Gasteiger partial charge is 0.318 e. The number of nitrogens with zero attached hydrogens (tertiary/aromatic N) is 1. The van der Waals surface area contributed by atoms with Gasteiger partial charge in [0.1, 0.15) is 23.8 Å². The van der Waals surface area contributed by atoms with Crippen LogP contribution in [-0.4, -0.2) is 48.0 Å². The Kier molecular flexibility index (Phi) is 5.03. The molecule has 0 aromatic heterocycles. The van der Waals surface area contributed by atoms with Crippen LogP contribution in [0.3, 0.4) is 0 Å². The molecule has 10 heteroatoms. The van der Waals surface area contributed by atoms with Gasteiger partial charge in [0.25, 0.3) is 0 Å². The van der Waals surface area contributed by atoms with E-state index in [4.69, 9.17) is 21.8 Å². The molecule has 1 rings (SSSR count). The van der Waals surface area contributed by atoms with Crippen LogP contribution in [0.1, 0.15) is 0 Å². The molecule has 0 saturated heterocycles. The van der Waals surface area contributed by atoms with Gasteiger partial charge in [0, 0.05) is 5.02 Å². The van der Waals surface area contributed by atoms with Crippen molar-refractivity contribution in [1.82, 2.24) is 4.31 Å². The number of rotatable bonds is 6. The summed E-state index contributed by atoms with van der Waals surface area (Å²) >= 11 is 5.48. The SMILES string of the molecule is O=C(O)CN(CC(=O)O)S(=O)(=O)c1ccc(Cl)cc1F. The zero-order valence-electron chi connectivity index (χ0n) is 9.79. The van der Waals surface area contributed by atoms with Crippen LogP contribution in [0.4, 0.5) is 4.39 Å². The lowest BCUT2D eigenvalue weighted by Gasteiger charge is -2.18. The molecule has 0 radical (unpaired) electrons. The highest BCUT2D eigenvalue weighted by Crippen LogP contribution is 2.22. The molecule has 0 spiro atoms. The number of carboxylic acids is 2. The summed E-state index contributed by atoms with van der Waals surface area (Å²) in [6.45, 7) is -2.20. The standard InChI is InChI=1S/C10H9ClFNO6S/c11-6-1-2-8(7(12)3-6)20(18,19)13(4-9(14)15)5-10(16)17/h1-3H,4-5H2,(H,14,15)(H,16,17). The number of benzene rings is 1. The van der Waals surface area contributed by atoms with Crippen molar-refractivity contribution in [3.63, 3.8) is 0 Å². The minimum Gasteiger partial charge on any atom is -0.480 e. The molecule has 0 aliphatic heterocycles. The van der Waals surface area contributed by atoms with E-state index in [0.717, 1.165) is 18.2 Å². The molecule has 0 bridgehead atoms. The number of halogens is 2. The van der Waals surface area contributed by atoms with E-state index in [1.165, 1.54) is 0 Å². The van der Waals surface area contributed by atoms with Crippen molar-refractivity contribution in [2.75, 3.05) is 13.1 Å². The largest absolute Gasteiger partial charge is 0.480 e. The second-order valence-electron chi connectivity index (χ2n) is 3.64. The lowest BCUT2D eigenvalue weighted by atomic mass is 10.3. The molecule has 0 saturated carbocycles. The first kappa shape index (κ1) is 16.3. The van der Waals surface area contributed by atoms with Crippen molar-refractivity contribution in [3.05, 3.63) is 29.0 Å². The van der Waals surface area contributed by atoms with Gasteiger partial charge in [-0.1, -0.05) is 11.6 Å². The highest BCUT2D eigenvalue weighted by Gasteiger charge is 2.30. The van der Waals surface area contributed by atoms with Gasteiger partial charge in [0.2, 0.25) is 10.0 Å². The Morgan fingerprint density at radius 1 is 1.20 bits per heavy atom. The van der Waals surface area contributed by atoms with Gasteiger partial charge in [-0.15, -0.1) is 0 Å². The van der Waals surface area contributed by atoms with Crippen LogP contribution in [0.25, 0.3) is 0 Å². The van der Waals surface area contributed by atoms with Crippen LogP contribution >= 0.6 is 11.6 Å². The number of carbonyl (C=O) groups is 2. The van der Waals surface area contributed by atoms with Gasteiger partial charge in [-0.05, 0) is 18.2 Å². The third kappa shape index (κ3) is 3.89. The molecule has 7 nitrogen and oxygen atoms in total. The molecule has 0 amide bonds. The summed E-state index contributed by atoms with van der Waals surface area (Å²) in [4.78, 5) is 20.3. The number of aliphatic carboxylic acids is 2. The van der Waals surface area contributed by atoms with E-state index in [2.05, 4.69) is 0 Å². The molecule has 0 heterocycles. The van der Waals surface area contributed by atoms with E-state index in [1.807, 2.05) is 0 Å². The minimum absolute atomic E-state index is 0.0514. The Morgan fingerprint density at radius 2 is 1.70 bits per heavy atom. The van der Waals surface area contributed by atoms with Crippen LogP contribution in [0.15, 0.2) is 23.1 Å². The zero-order chi connectivity index (χ0) is 15.5. The molecule has 0 aliphatic carbocycles. The normalized spacial score (nSPS) is 11.6. The first-order valence-electron chi connectivity index (χ1n) is 5.03. The summed E-state index contributed by atoms with van der Waals surface area (Å²) in [5, 5.41) is 17.2. The molecular formula is C10H9ClFNO6S. The fraction of sp³-hybridized carbons (Fsp3) is 0.200. The summed E-state index contributed by atoms with van der Waals surface area (Å²) in [7, 11) is -4.60.